The molecule has 1 amide bonds. The highest BCUT2D eigenvalue weighted by atomic mass is 35.5. The molecular weight excluding hydrogens is 458 g/mol. The van der Waals surface area contributed by atoms with E-state index in [-0.39, 0.29) is 24.1 Å². The second kappa shape index (κ2) is 14.7. The van der Waals surface area contributed by atoms with Gasteiger partial charge < -0.3 is 20.6 Å². The number of hydrogen-bond acceptors (Lipinski definition) is 4. The van der Waals surface area contributed by atoms with Crippen LogP contribution in [-0.2, 0) is 11.2 Å². The Labute approximate surface area is 217 Å². The van der Waals surface area contributed by atoms with Gasteiger partial charge in [0.2, 0.25) is 5.91 Å². The van der Waals surface area contributed by atoms with E-state index < -0.39 is 0 Å². The maximum atomic E-state index is 12.9. The van der Waals surface area contributed by atoms with Crippen LogP contribution in [0.15, 0.2) is 36.4 Å². The molecule has 1 saturated heterocycles. The second-order valence-electron chi connectivity index (χ2n) is 10.4. The van der Waals surface area contributed by atoms with Gasteiger partial charge in [0, 0.05) is 13.1 Å². The maximum Gasteiger partial charge on any atom is 0.227 e. The van der Waals surface area contributed by atoms with Gasteiger partial charge >= 0.3 is 0 Å². The number of carbonyl (C=O) groups excluding carboxylic acids is 1. The van der Waals surface area contributed by atoms with Crippen molar-refractivity contribution in [1.29, 1.82) is 0 Å². The molecule has 0 spiro atoms. The van der Waals surface area contributed by atoms with Crippen LogP contribution in [0.2, 0.25) is 0 Å². The number of unbranched alkanes of at least 4 members (excludes halogenated alkanes) is 1. The molecular formula is C29H44ClN3O2. The number of amides is 1. The normalized spacial score (nSPS) is 17.4. The maximum absolute atomic E-state index is 12.9. The summed E-state index contributed by atoms with van der Waals surface area (Å²) in [5.41, 5.74) is 1.04. The molecule has 5 nitrogen and oxygen atoms in total. The monoisotopic (exact) mass is 501 g/mol. The van der Waals surface area contributed by atoms with E-state index in [1.807, 2.05) is 29.2 Å². The largest absolute Gasteiger partial charge is 0.508 e. The predicted molar refractivity (Wildman–Crippen MR) is 147 cm³/mol. The average molecular weight is 502 g/mol. The molecule has 0 aromatic heterocycles. The van der Waals surface area contributed by atoms with Crippen LogP contribution < -0.4 is 10.6 Å². The number of phenolic OH excluding ortho intramolecular Hbond substituents is 1. The first-order chi connectivity index (χ1) is 16.7. The van der Waals surface area contributed by atoms with Gasteiger partial charge in [0.25, 0.3) is 0 Å². The number of piperidine rings is 1. The lowest BCUT2D eigenvalue weighted by molar-refractivity contribution is -0.131. The zero-order valence-corrected chi connectivity index (χ0v) is 22.0. The standard InChI is InChI=1S/C29H43N3O2.ClH/c33-27-11-12-28-25(19-27)9-6-10-26(28)20-29(34)32-17-13-24(14-18-32)22-31-16-5-4-15-30-21-23-7-2-1-3-8-23;/h6,9-12,19,23-24,30-31,33H,1-5,7-8,13-18,20-22H2;1H. The van der Waals surface area contributed by atoms with Gasteiger partial charge in [-0.05, 0) is 105 Å². The van der Waals surface area contributed by atoms with Gasteiger partial charge in [0.05, 0.1) is 6.42 Å². The summed E-state index contributed by atoms with van der Waals surface area (Å²) in [7, 11) is 0. The minimum atomic E-state index is 0. The molecule has 0 atom stereocenters. The van der Waals surface area contributed by atoms with Crippen molar-refractivity contribution in [3.05, 3.63) is 42.0 Å². The van der Waals surface area contributed by atoms with Gasteiger partial charge in [-0.2, -0.15) is 0 Å². The van der Waals surface area contributed by atoms with Crippen LogP contribution in [-0.4, -0.2) is 55.2 Å². The molecule has 0 radical (unpaired) electrons. The first-order valence-electron chi connectivity index (χ1n) is 13.6. The van der Waals surface area contributed by atoms with Crippen molar-refractivity contribution in [1.82, 2.24) is 15.5 Å². The number of benzene rings is 2. The number of nitrogens with zero attached hydrogens (tertiary/aromatic N) is 1. The van der Waals surface area contributed by atoms with Crippen LogP contribution in [0.4, 0.5) is 0 Å². The summed E-state index contributed by atoms with van der Waals surface area (Å²) in [6, 6.07) is 11.3. The minimum Gasteiger partial charge on any atom is -0.508 e. The van der Waals surface area contributed by atoms with Crippen LogP contribution in [0, 0.1) is 11.8 Å². The zero-order chi connectivity index (χ0) is 23.6. The first-order valence-corrected chi connectivity index (χ1v) is 13.6. The van der Waals surface area contributed by atoms with Crippen molar-refractivity contribution in [2.75, 3.05) is 39.3 Å². The molecule has 0 unspecified atom stereocenters. The topological polar surface area (TPSA) is 64.6 Å². The van der Waals surface area contributed by atoms with Crippen molar-refractivity contribution in [3.8, 4) is 5.75 Å². The zero-order valence-electron chi connectivity index (χ0n) is 21.1. The molecule has 6 heteroatoms. The van der Waals surface area contributed by atoms with Crippen molar-refractivity contribution < 1.29 is 9.90 Å². The Hall–Kier alpha value is -1.82. The SMILES string of the molecule is Cl.O=C(Cc1cccc2cc(O)ccc12)N1CCC(CNCCCCNCC2CCCCC2)CC1. The van der Waals surface area contributed by atoms with Gasteiger partial charge in [-0.25, -0.2) is 0 Å². The third-order valence-corrected chi connectivity index (χ3v) is 7.81. The third kappa shape index (κ3) is 8.66. The molecule has 4 rings (SSSR count). The molecule has 3 N–H and O–H groups in total. The number of carbonyl (C=O) groups is 1. The smallest absolute Gasteiger partial charge is 0.227 e. The molecule has 2 aliphatic rings. The molecule has 1 aliphatic heterocycles. The third-order valence-electron chi connectivity index (χ3n) is 7.81. The van der Waals surface area contributed by atoms with E-state index in [0.29, 0.717) is 12.3 Å². The summed E-state index contributed by atoms with van der Waals surface area (Å²) < 4.78 is 0. The number of hydrogen-bond donors (Lipinski definition) is 3. The van der Waals surface area contributed by atoms with Gasteiger partial charge in [-0.1, -0.05) is 43.5 Å². The van der Waals surface area contributed by atoms with Crippen LogP contribution in [0.1, 0.15) is 63.4 Å². The lowest BCUT2D eigenvalue weighted by Crippen LogP contribution is -2.41. The van der Waals surface area contributed by atoms with Gasteiger partial charge in [-0.15, -0.1) is 12.4 Å². The summed E-state index contributed by atoms with van der Waals surface area (Å²) in [6.45, 7) is 6.26. The molecule has 35 heavy (non-hydrogen) atoms. The highest BCUT2D eigenvalue weighted by molar-refractivity contribution is 5.91. The summed E-state index contributed by atoms with van der Waals surface area (Å²) >= 11 is 0. The van der Waals surface area contributed by atoms with E-state index in [2.05, 4.69) is 10.6 Å². The van der Waals surface area contributed by atoms with Gasteiger partial charge in [0.15, 0.2) is 0 Å². The Morgan fingerprint density at radius 1 is 0.886 bits per heavy atom. The summed E-state index contributed by atoms with van der Waals surface area (Å²) in [4.78, 5) is 15.0. The quantitative estimate of drug-likeness (QED) is 0.366. The number of rotatable bonds is 11. The molecule has 1 heterocycles. The van der Waals surface area contributed by atoms with Crippen molar-refractivity contribution in [3.63, 3.8) is 0 Å². The fourth-order valence-corrected chi connectivity index (χ4v) is 5.66. The number of halogens is 1. The fourth-order valence-electron chi connectivity index (χ4n) is 5.66. The van der Waals surface area contributed by atoms with Gasteiger partial charge in [-0.3, -0.25) is 4.79 Å². The Morgan fingerprint density at radius 2 is 1.54 bits per heavy atom. The number of nitrogens with one attached hydrogen (secondary N) is 2. The van der Waals surface area contributed by atoms with E-state index in [1.165, 1.54) is 51.5 Å². The van der Waals surface area contributed by atoms with Crippen molar-refractivity contribution in [2.45, 2.75) is 64.2 Å². The van der Waals surface area contributed by atoms with Crippen LogP contribution in [0.3, 0.4) is 0 Å². The second-order valence-corrected chi connectivity index (χ2v) is 10.4. The van der Waals surface area contributed by atoms with Gasteiger partial charge in [0.1, 0.15) is 5.75 Å². The Kier molecular flexibility index (Phi) is 11.6. The molecule has 0 bridgehead atoms. The first kappa shape index (κ1) is 27.8. The minimum absolute atomic E-state index is 0. The van der Waals surface area contributed by atoms with Crippen LogP contribution in [0.5, 0.6) is 5.75 Å². The van der Waals surface area contributed by atoms with E-state index >= 15 is 0 Å². The number of phenols is 1. The highest BCUT2D eigenvalue weighted by Gasteiger charge is 2.23. The number of fused-ring (bicyclic) bond motifs is 1. The van der Waals surface area contributed by atoms with Crippen LogP contribution >= 0.6 is 12.4 Å². The average Bonchev–Trinajstić information content (AvgIpc) is 2.86. The van der Waals surface area contributed by atoms with E-state index in [4.69, 9.17) is 0 Å². The van der Waals surface area contributed by atoms with Crippen molar-refractivity contribution >= 4 is 29.1 Å². The Bertz CT molecular complexity index is 908. The van der Waals surface area contributed by atoms with E-state index in [1.54, 1.807) is 12.1 Å². The highest BCUT2D eigenvalue weighted by Crippen LogP contribution is 2.25. The molecule has 194 valence electrons. The van der Waals surface area contributed by atoms with Crippen molar-refractivity contribution in [2.24, 2.45) is 11.8 Å². The Morgan fingerprint density at radius 3 is 2.23 bits per heavy atom. The lowest BCUT2D eigenvalue weighted by Gasteiger charge is -2.32. The molecule has 1 aliphatic carbocycles. The lowest BCUT2D eigenvalue weighted by atomic mass is 9.89. The number of aromatic hydroxyl groups is 1. The van der Waals surface area contributed by atoms with Crippen LogP contribution in [0.25, 0.3) is 10.8 Å². The molecule has 2 aromatic carbocycles. The number of likely N-dealkylation sites (tertiary alicyclic amines) is 1. The van der Waals surface area contributed by atoms with E-state index in [9.17, 15) is 9.90 Å². The molecule has 1 saturated carbocycles. The summed E-state index contributed by atoms with van der Waals surface area (Å²) in [5, 5.41) is 19.1. The Balaban J connectivity index is 0.00000342. The summed E-state index contributed by atoms with van der Waals surface area (Å²) in [6.07, 6.45) is 12.2. The van der Waals surface area contributed by atoms with E-state index in [0.717, 1.165) is 67.8 Å². The molecule has 2 aromatic rings. The fraction of sp³-hybridized carbons (Fsp3) is 0.621. The summed E-state index contributed by atoms with van der Waals surface area (Å²) in [5.74, 6) is 2.07. The predicted octanol–water partition coefficient (Wildman–Crippen LogP) is 5.29. The molecule has 2 fully saturated rings.